The number of rotatable bonds is 9. The fourth-order valence-corrected chi connectivity index (χ4v) is 3.09. The number of halogens is 1. The Kier molecular flexibility index (Phi) is 7.99. The van der Waals surface area contributed by atoms with Crippen LogP contribution in [0.4, 0.5) is 11.4 Å². The Bertz CT molecular complexity index is 1190. The molecule has 0 atom stereocenters. The summed E-state index contributed by atoms with van der Waals surface area (Å²) in [6.45, 7) is -0.617. The predicted octanol–water partition coefficient (Wildman–Crippen LogP) is 4.01. The number of ether oxygens (including phenoxy) is 4. The number of furan rings is 1. The first-order valence-corrected chi connectivity index (χ1v) is 10.2. The molecule has 1 heterocycles. The number of hydrogen-bond acceptors (Lipinski definition) is 8. The minimum Gasteiger partial charge on any atom is -0.495 e. The first-order valence-electron chi connectivity index (χ1n) is 9.77. The molecule has 3 aromatic rings. The van der Waals surface area contributed by atoms with Crippen LogP contribution >= 0.6 is 11.6 Å². The van der Waals surface area contributed by atoms with Gasteiger partial charge in [-0.3, -0.25) is 9.59 Å². The van der Waals surface area contributed by atoms with E-state index in [0.717, 1.165) is 0 Å². The first-order chi connectivity index (χ1) is 16.4. The summed E-state index contributed by atoms with van der Waals surface area (Å²) in [5.74, 6) is -1.22. The molecule has 0 saturated carbocycles. The molecule has 0 aliphatic heterocycles. The van der Waals surface area contributed by atoms with Gasteiger partial charge in [-0.1, -0.05) is 11.6 Å². The van der Waals surface area contributed by atoms with Crippen molar-refractivity contribution in [2.45, 2.75) is 0 Å². The van der Waals surface area contributed by atoms with Crippen LogP contribution in [0.5, 0.6) is 17.2 Å². The van der Waals surface area contributed by atoms with Crippen molar-refractivity contribution >= 4 is 40.8 Å². The zero-order valence-corrected chi connectivity index (χ0v) is 19.2. The highest BCUT2D eigenvalue weighted by Crippen LogP contribution is 2.34. The summed E-state index contributed by atoms with van der Waals surface area (Å²) in [5, 5.41) is 5.52. The second kappa shape index (κ2) is 11.1. The maximum absolute atomic E-state index is 12.8. The molecule has 0 unspecified atom stereocenters. The summed E-state index contributed by atoms with van der Waals surface area (Å²) in [7, 11) is 4.23. The molecule has 2 N–H and O–H groups in total. The molecule has 2 aromatic carbocycles. The SMILES string of the molecule is COc1ccc(Cl)cc1NC(=O)COC(=O)c1cc(OC)c(OC)cc1NC(=O)c1ccco1. The van der Waals surface area contributed by atoms with Gasteiger partial charge >= 0.3 is 5.97 Å². The highest BCUT2D eigenvalue weighted by molar-refractivity contribution is 6.31. The van der Waals surface area contributed by atoms with E-state index in [0.29, 0.717) is 16.5 Å². The molecule has 0 bridgehead atoms. The largest absolute Gasteiger partial charge is 0.495 e. The van der Waals surface area contributed by atoms with Gasteiger partial charge in [-0.2, -0.15) is 0 Å². The molecule has 0 spiro atoms. The fraction of sp³-hybridized carbons (Fsp3) is 0.174. The minimum absolute atomic E-state index is 0.0314. The standard InChI is InChI=1S/C23H21ClN2O8/c1-30-17-7-6-13(24)9-16(17)25-21(27)12-34-23(29)14-10-19(31-2)20(32-3)11-15(14)26-22(28)18-5-4-8-33-18/h4-11H,12H2,1-3H3,(H,25,27)(H,26,28). The van der Waals surface area contributed by atoms with Gasteiger partial charge in [0.25, 0.3) is 11.8 Å². The van der Waals surface area contributed by atoms with Crippen molar-refractivity contribution in [3.63, 3.8) is 0 Å². The van der Waals surface area contributed by atoms with Crippen molar-refractivity contribution in [1.82, 2.24) is 0 Å². The van der Waals surface area contributed by atoms with Gasteiger partial charge in [0.05, 0.1) is 44.5 Å². The average Bonchev–Trinajstić information content (AvgIpc) is 3.37. The third kappa shape index (κ3) is 5.78. The van der Waals surface area contributed by atoms with Crippen molar-refractivity contribution in [3.05, 3.63) is 65.1 Å². The van der Waals surface area contributed by atoms with Gasteiger partial charge in [0.15, 0.2) is 23.9 Å². The van der Waals surface area contributed by atoms with Crippen LogP contribution in [-0.4, -0.2) is 45.7 Å². The lowest BCUT2D eigenvalue weighted by Crippen LogP contribution is -2.22. The van der Waals surface area contributed by atoms with E-state index in [1.54, 1.807) is 18.2 Å². The van der Waals surface area contributed by atoms with Crippen LogP contribution in [0.3, 0.4) is 0 Å². The molecule has 0 aliphatic rings. The molecule has 0 fully saturated rings. The molecule has 0 radical (unpaired) electrons. The van der Waals surface area contributed by atoms with E-state index in [4.69, 9.17) is 35.0 Å². The lowest BCUT2D eigenvalue weighted by molar-refractivity contribution is -0.119. The predicted molar refractivity (Wildman–Crippen MR) is 123 cm³/mol. The van der Waals surface area contributed by atoms with Crippen LogP contribution in [-0.2, 0) is 9.53 Å². The topological polar surface area (TPSA) is 125 Å². The summed E-state index contributed by atoms with van der Waals surface area (Å²) < 4.78 is 25.9. The number of benzene rings is 2. The summed E-state index contributed by atoms with van der Waals surface area (Å²) in [6.07, 6.45) is 1.34. The molecule has 1 aromatic heterocycles. The Morgan fingerprint density at radius 1 is 0.882 bits per heavy atom. The zero-order valence-electron chi connectivity index (χ0n) is 18.5. The average molecular weight is 489 g/mol. The molecule has 2 amide bonds. The van der Waals surface area contributed by atoms with Crippen LogP contribution in [0.15, 0.2) is 53.1 Å². The number of hydrogen-bond donors (Lipinski definition) is 2. The van der Waals surface area contributed by atoms with E-state index in [-0.39, 0.29) is 28.5 Å². The van der Waals surface area contributed by atoms with E-state index in [2.05, 4.69) is 10.6 Å². The number of anilines is 2. The Hall–Kier alpha value is -4.18. The quantitative estimate of drug-likeness (QED) is 0.433. The van der Waals surface area contributed by atoms with Crippen LogP contribution < -0.4 is 24.8 Å². The van der Waals surface area contributed by atoms with Gasteiger partial charge in [-0.05, 0) is 30.3 Å². The summed E-state index contributed by atoms with van der Waals surface area (Å²) in [6, 6.07) is 10.4. The van der Waals surface area contributed by atoms with Crippen molar-refractivity contribution in [2.75, 3.05) is 38.6 Å². The highest BCUT2D eigenvalue weighted by Gasteiger charge is 2.22. The van der Waals surface area contributed by atoms with Crippen molar-refractivity contribution in [3.8, 4) is 17.2 Å². The van der Waals surface area contributed by atoms with E-state index in [1.165, 1.54) is 51.9 Å². The maximum Gasteiger partial charge on any atom is 0.340 e. The highest BCUT2D eigenvalue weighted by atomic mass is 35.5. The van der Waals surface area contributed by atoms with E-state index < -0.39 is 24.4 Å². The number of carbonyl (C=O) groups is 3. The smallest absolute Gasteiger partial charge is 0.340 e. The Morgan fingerprint density at radius 3 is 2.24 bits per heavy atom. The van der Waals surface area contributed by atoms with E-state index in [9.17, 15) is 14.4 Å². The number of nitrogens with one attached hydrogen (secondary N) is 2. The number of amides is 2. The van der Waals surface area contributed by atoms with Crippen molar-refractivity contribution in [1.29, 1.82) is 0 Å². The zero-order chi connectivity index (χ0) is 24.7. The van der Waals surface area contributed by atoms with Crippen molar-refractivity contribution < 1.29 is 37.7 Å². The monoisotopic (exact) mass is 488 g/mol. The maximum atomic E-state index is 12.8. The van der Waals surface area contributed by atoms with Gasteiger partial charge in [0.2, 0.25) is 0 Å². The van der Waals surface area contributed by atoms with Crippen molar-refractivity contribution in [2.24, 2.45) is 0 Å². The minimum atomic E-state index is -0.885. The summed E-state index contributed by atoms with van der Waals surface area (Å²) in [4.78, 5) is 37.6. The lowest BCUT2D eigenvalue weighted by atomic mass is 10.1. The Labute approximate surface area is 199 Å². The number of methoxy groups -OCH3 is 3. The Balaban J connectivity index is 1.78. The molecule has 0 saturated heterocycles. The summed E-state index contributed by atoms with van der Waals surface area (Å²) >= 11 is 5.96. The van der Waals surface area contributed by atoms with E-state index >= 15 is 0 Å². The second-order valence-corrected chi connectivity index (χ2v) is 7.09. The molecule has 3 rings (SSSR count). The van der Waals surface area contributed by atoms with Crippen LogP contribution in [0, 0.1) is 0 Å². The molecule has 10 nitrogen and oxygen atoms in total. The fourth-order valence-electron chi connectivity index (χ4n) is 2.92. The lowest BCUT2D eigenvalue weighted by Gasteiger charge is -2.15. The molecule has 178 valence electrons. The van der Waals surface area contributed by atoms with Crippen LogP contribution in [0.25, 0.3) is 0 Å². The molecule has 11 heteroatoms. The normalized spacial score (nSPS) is 10.2. The molecular formula is C23H21ClN2O8. The second-order valence-electron chi connectivity index (χ2n) is 6.65. The van der Waals surface area contributed by atoms with Gasteiger partial charge in [0, 0.05) is 17.2 Å². The van der Waals surface area contributed by atoms with Crippen LogP contribution in [0.2, 0.25) is 5.02 Å². The van der Waals surface area contributed by atoms with Gasteiger partial charge < -0.3 is 34.0 Å². The molecule has 0 aliphatic carbocycles. The summed E-state index contributed by atoms with van der Waals surface area (Å²) in [5.41, 5.74) is 0.320. The molecular weight excluding hydrogens is 468 g/mol. The number of carbonyl (C=O) groups excluding carboxylic acids is 3. The van der Waals surface area contributed by atoms with Crippen LogP contribution in [0.1, 0.15) is 20.9 Å². The first kappa shape index (κ1) is 24.5. The third-order valence-corrected chi connectivity index (χ3v) is 4.74. The van der Waals surface area contributed by atoms with Gasteiger partial charge in [-0.15, -0.1) is 0 Å². The van der Waals surface area contributed by atoms with Gasteiger partial charge in [0.1, 0.15) is 5.75 Å². The van der Waals surface area contributed by atoms with E-state index in [1.807, 2.05) is 0 Å². The third-order valence-electron chi connectivity index (χ3n) is 4.51. The van der Waals surface area contributed by atoms with Gasteiger partial charge in [-0.25, -0.2) is 4.79 Å². The number of esters is 1. The molecule has 34 heavy (non-hydrogen) atoms. The Morgan fingerprint density at radius 2 is 1.59 bits per heavy atom.